The van der Waals surface area contributed by atoms with Gasteiger partial charge in [-0.2, -0.15) is 0 Å². The normalized spacial score (nSPS) is 15.9. The van der Waals surface area contributed by atoms with Gasteiger partial charge in [-0.25, -0.2) is 0 Å². The second kappa shape index (κ2) is 18.4. The van der Waals surface area contributed by atoms with Crippen molar-refractivity contribution in [3.63, 3.8) is 0 Å². The van der Waals surface area contributed by atoms with Crippen LogP contribution in [-0.4, -0.2) is 108 Å². The molecule has 1 fully saturated rings. The Balaban J connectivity index is 1.57. The largest absolute Gasteiger partial charge is 0.505 e. The average Bonchev–Trinajstić information content (AvgIpc) is 3.06. The maximum Gasteiger partial charge on any atom is 0.334 e. The highest BCUT2D eigenvalue weighted by Crippen LogP contribution is 2.37. The zero-order valence-electron chi connectivity index (χ0n) is 29.4. The predicted molar refractivity (Wildman–Crippen MR) is 198 cm³/mol. The molecule has 2 amide bonds. The molecule has 0 spiro atoms. The number of hydrogen-bond donors (Lipinski definition) is 8. The molecule has 284 valence electrons. The van der Waals surface area contributed by atoms with Crippen LogP contribution in [0.1, 0.15) is 40.7 Å². The summed E-state index contributed by atoms with van der Waals surface area (Å²) < 4.78 is 22.7. The molecule has 1 saturated heterocycles. The number of phenolic OH excluding ortho intramolecular Hbond substituents is 2. The van der Waals surface area contributed by atoms with E-state index in [2.05, 4.69) is 37.5 Å². The number of amides is 2. The fourth-order valence-corrected chi connectivity index (χ4v) is 7.25. The van der Waals surface area contributed by atoms with Crippen LogP contribution in [-0.2, 0) is 38.4 Å². The van der Waals surface area contributed by atoms with Crippen LogP contribution >= 0.6 is 15.2 Å². The molecule has 8 N–H and O–H groups in total. The van der Waals surface area contributed by atoms with E-state index >= 15 is 0 Å². The molecule has 17 heteroatoms. The fraction of sp³-hybridized carbons (Fsp3) is 0.429. The minimum Gasteiger partial charge on any atom is -0.505 e. The van der Waals surface area contributed by atoms with Crippen LogP contribution in [0.4, 0.5) is 11.4 Å². The molecule has 4 rings (SSSR count). The second-order valence-electron chi connectivity index (χ2n) is 13.4. The van der Waals surface area contributed by atoms with Crippen LogP contribution in [0.25, 0.3) is 0 Å². The summed E-state index contributed by atoms with van der Waals surface area (Å²) in [5, 5.41) is 27.2. The fourth-order valence-electron chi connectivity index (χ4n) is 6.34. The molecule has 3 aromatic carbocycles. The van der Waals surface area contributed by atoms with Crippen LogP contribution in [0.15, 0.2) is 54.6 Å². The number of phenols is 2. The first-order valence-electron chi connectivity index (χ1n) is 17.0. The molecule has 3 aromatic rings. The number of rotatable bonds is 12. The van der Waals surface area contributed by atoms with Crippen molar-refractivity contribution >= 4 is 38.4 Å². The number of nitrogens with one attached hydrogen (secondary N) is 2. The summed E-state index contributed by atoms with van der Waals surface area (Å²) in [6, 6.07) is 16.9. The molecular weight excluding hydrogens is 712 g/mol. The maximum absolute atomic E-state index is 12.3. The zero-order valence-corrected chi connectivity index (χ0v) is 31.2. The summed E-state index contributed by atoms with van der Waals surface area (Å²) in [5.74, 6) is -2.18. The van der Waals surface area contributed by atoms with Gasteiger partial charge in [-0.1, -0.05) is 42.5 Å². The molecule has 0 bridgehead atoms. The van der Waals surface area contributed by atoms with Crippen LogP contribution in [0.3, 0.4) is 0 Å². The molecule has 0 radical (unpaired) electrons. The highest BCUT2D eigenvalue weighted by molar-refractivity contribution is 7.53. The van der Waals surface area contributed by atoms with Gasteiger partial charge in [-0.15, -0.1) is 0 Å². The van der Waals surface area contributed by atoms with Crippen molar-refractivity contribution in [2.75, 3.05) is 62.2 Å². The summed E-state index contributed by atoms with van der Waals surface area (Å²) in [5.41, 5.74) is 3.91. The third-order valence-corrected chi connectivity index (χ3v) is 9.98. The first-order chi connectivity index (χ1) is 24.4. The minimum absolute atomic E-state index is 0.0700. The van der Waals surface area contributed by atoms with E-state index in [9.17, 15) is 48.5 Å². The topological polar surface area (TPSA) is 223 Å². The standard InChI is InChI=1S/C35H49N5O10P2/c1-25-16-28(34(43)30(18-25)36-32(41)23-51(45,46)47)21-39-12-6-10-38(20-27-8-4-3-5-9-27)11-7-13-40(15-14-39)22-29-17-26(2)19-31(35(29)44)37-33(42)24-52(48,49)50/h3-5,8-9,16-19,43-44H,6-7,10-15,20-24H2,1-2H3,(H,36,41)(H,37,42)(H2,45,46,47)(H2,48,49,50). The molecule has 0 aromatic heterocycles. The van der Waals surface area contributed by atoms with Crippen molar-refractivity contribution in [3.8, 4) is 11.5 Å². The third-order valence-electron chi connectivity index (χ3n) is 8.58. The number of hydrogen-bond acceptors (Lipinski definition) is 9. The van der Waals surface area contributed by atoms with Crippen LogP contribution in [0, 0.1) is 13.8 Å². The van der Waals surface area contributed by atoms with Gasteiger partial charge < -0.3 is 40.4 Å². The first kappa shape index (κ1) is 41.1. The van der Waals surface area contributed by atoms with Crippen molar-refractivity contribution in [1.29, 1.82) is 0 Å². The Morgan fingerprint density at radius 2 is 1.00 bits per heavy atom. The van der Waals surface area contributed by atoms with E-state index in [1.165, 1.54) is 5.56 Å². The number of aromatic hydroxyl groups is 2. The van der Waals surface area contributed by atoms with Gasteiger partial charge in [0, 0.05) is 43.9 Å². The minimum atomic E-state index is -4.60. The highest BCUT2D eigenvalue weighted by atomic mass is 31.2. The SMILES string of the molecule is Cc1cc(CN2CCCN(Cc3ccccc3)CCCN(Cc3cc(C)cc(NC(=O)CP(=O)(O)O)c3O)CC2)c(O)c(NC(=O)CP(=O)(O)O)c1. The van der Waals surface area contributed by atoms with E-state index in [1.54, 1.807) is 26.0 Å². The molecule has 52 heavy (non-hydrogen) atoms. The average molecular weight is 762 g/mol. The first-order valence-corrected chi connectivity index (χ1v) is 20.6. The summed E-state index contributed by atoms with van der Waals surface area (Å²) in [4.78, 5) is 68.3. The lowest BCUT2D eigenvalue weighted by atomic mass is 10.1. The summed E-state index contributed by atoms with van der Waals surface area (Å²) >= 11 is 0. The van der Waals surface area contributed by atoms with Gasteiger partial charge in [0.2, 0.25) is 11.8 Å². The van der Waals surface area contributed by atoms with Crippen molar-refractivity contribution in [1.82, 2.24) is 14.7 Å². The third kappa shape index (κ3) is 13.7. The Labute approximate surface area is 303 Å². The quantitative estimate of drug-likeness (QED) is 0.0979. The molecule has 0 unspecified atom stereocenters. The van der Waals surface area contributed by atoms with Crippen LogP contribution in [0.2, 0.25) is 0 Å². The van der Waals surface area contributed by atoms with Gasteiger partial charge in [-0.3, -0.25) is 33.4 Å². The van der Waals surface area contributed by atoms with E-state index < -0.39 is 39.3 Å². The molecule has 1 heterocycles. The van der Waals surface area contributed by atoms with E-state index in [0.29, 0.717) is 50.4 Å². The molecule has 1 aliphatic rings. The molecule has 0 atom stereocenters. The molecule has 0 aliphatic carbocycles. The number of carbonyl (C=O) groups is 2. The highest BCUT2D eigenvalue weighted by Gasteiger charge is 2.24. The Bertz CT molecular complexity index is 1690. The van der Waals surface area contributed by atoms with Crippen molar-refractivity contribution < 1.29 is 48.5 Å². The molecule has 15 nitrogen and oxygen atoms in total. The summed E-state index contributed by atoms with van der Waals surface area (Å²) in [7, 11) is -9.20. The number of nitrogens with zero attached hydrogens (tertiary/aromatic N) is 3. The number of anilines is 2. The lowest BCUT2D eigenvalue weighted by Gasteiger charge is -2.28. The van der Waals surface area contributed by atoms with E-state index in [-0.39, 0.29) is 22.9 Å². The van der Waals surface area contributed by atoms with Crippen LogP contribution < -0.4 is 10.6 Å². The number of aryl methyl sites for hydroxylation is 2. The predicted octanol–water partition coefficient (Wildman–Crippen LogP) is 3.55. The van der Waals surface area contributed by atoms with Crippen molar-refractivity contribution in [3.05, 3.63) is 82.4 Å². The lowest BCUT2D eigenvalue weighted by Crippen LogP contribution is -2.36. The Kier molecular flexibility index (Phi) is 14.6. The van der Waals surface area contributed by atoms with Crippen molar-refractivity contribution in [2.24, 2.45) is 0 Å². The van der Waals surface area contributed by atoms with Gasteiger partial charge in [-0.05, 0) is 81.7 Å². The Morgan fingerprint density at radius 3 is 1.38 bits per heavy atom. The van der Waals surface area contributed by atoms with E-state index in [0.717, 1.165) is 43.6 Å². The van der Waals surface area contributed by atoms with Crippen LogP contribution in [0.5, 0.6) is 11.5 Å². The second-order valence-corrected chi connectivity index (χ2v) is 16.7. The monoisotopic (exact) mass is 761 g/mol. The number of carbonyl (C=O) groups excluding carboxylic acids is 2. The Hall–Kier alpha value is -3.62. The van der Waals surface area contributed by atoms with E-state index in [1.807, 2.05) is 30.3 Å². The van der Waals surface area contributed by atoms with Crippen molar-refractivity contribution in [2.45, 2.75) is 46.3 Å². The maximum atomic E-state index is 12.3. The van der Waals surface area contributed by atoms with Gasteiger partial charge in [0.25, 0.3) is 0 Å². The summed E-state index contributed by atoms with van der Waals surface area (Å²) in [6.07, 6.45) is -0.340. The smallest absolute Gasteiger partial charge is 0.334 e. The summed E-state index contributed by atoms with van der Waals surface area (Å²) in [6.45, 7) is 9.18. The molecule has 1 aliphatic heterocycles. The number of benzene rings is 3. The molecule has 0 saturated carbocycles. The van der Waals surface area contributed by atoms with Gasteiger partial charge in [0.15, 0.2) is 0 Å². The molecular formula is C35H49N5O10P2. The lowest BCUT2D eigenvalue weighted by molar-refractivity contribution is -0.115. The Morgan fingerprint density at radius 1 is 0.615 bits per heavy atom. The van der Waals surface area contributed by atoms with Gasteiger partial charge in [0.05, 0.1) is 11.4 Å². The zero-order chi connectivity index (χ0) is 38.1. The van der Waals surface area contributed by atoms with E-state index in [4.69, 9.17) is 0 Å². The van der Waals surface area contributed by atoms with Gasteiger partial charge >= 0.3 is 15.2 Å². The van der Waals surface area contributed by atoms with Gasteiger partial charge in [0.1, 0.15) is 23.8 Å².